The summed E-state index contributed by atoms with van der Waals surface area (Å²) in [7, 11) is -7.38. The van der Waals surface area contributed by atoms with Crippen molar-refractivity contribution in [2.45, 2.75) is 44.2 Å². The molecule has 0 saturated carbocycles. The Morgan fingerprint density at radius 1 is 0.557 bits per heavy atom. The zero-order chi connectivity index (χ0) is 51.3. The molecule has 70 heavy (non-hydrogen) atoms. The molecule has 0 aliphatic rings. The third kappa shape index (κ3) is 12.6. The van der Waals surface area contributed by atoms with Gasteiger partial charge in [0, 0.05) is 17.4 Å². The van der Waals surface area contributed by atoms with Crippen LogP contribution in [-0.2, 0) is 55.1 Å². The number of carbonyl (C=O) groups is 2. The van der Waals surface area contributed by atoms with Gasteiger partial charge in [0.15, 0.2) is 0 Å². The molecule has 21 heteroatoms. The summed E-state index contributed by atoms with van der Waals surface area (Å²) in [6.45, 7) is 1.88. The molecule has 7 rings (SSSR count). The van der Waals surface area contributed by atoms with E-state index >= 15 is 0 Å². The molecular formula is C49H43ClF6N6O6S2. The Balaban J connectivity index is 0.000000230. The van der Waals surface area contributed by atoms with Crippen LogP contribution in [0.15, 0.2) is 146 Å². The lowest BCUT2D eigenvalue weighted by Crippen LogP contribution is -2.29. The van der Waals surface area contributed by atoms with E-state index in [4.69, 9.17) is 23.1 Å². The highest BCUT2D eigenvalue weighted by atomic mass is 35.5. The fourth-order valence-corrected chi connectivity index (χ4v) is 9.51. The van der Waals surface area contributed by atoms with E-state index in [2.05, 4.69) is 9.97 Å². The molecule has 0 fully saturated rings. The predicted octanol–water partition coefficient (Wildman–Crippen LogP) is 9.48. The first-order chi connectivity index (χ1) is 32.7. The fraction of sp³-hybridized carbons (Fsp3) is 0.184. The molecule has 0 saturated heterocycles. The summed E-state index contributed by atoms with van der Waals surface area (Å²) in [6, 6.07) is 34.6. The van der Waals surface area contributed by atoms with E-state index in [-0.39, 0.29) is 24.2 Å². The van der Waals surface area contributed by atoms with Crippen molar-refractivity contribution >= 4 is 65.6 Å². The molecule has 5 aromatic carbocycles. The SMILES string of the molecule is CS(=O)(=O)N(Cc1cccc2ccccc12)c1ccc(C(C(N)=O)c2ccc(C(F)(F)F)nc2)cc1.Cc1cccc(CN(c2ccc(C(C(N)=O)c3ccc(C(F)(F)F)nc3)cc2)S(C)(=O)=O)c1Cl. The first kappa shape index (κ1) is 52.3. The maximum absolute atomic E-state index is 12.9. The number of hydrogen-bond acceptors (Lipinski definition) is 8. The van der Waals surface area contributed by atoms with Crippen molar-refractivity contribution in [1.82, 2.24) is 9.97 Å². The van der Waals surface area contributed by atoms with Gasteiger partial charge in [0.2, 0.25) is 31.9 Å². The quantitative estimate of drug-likeness (QED) is 0.101. The number of pyridine rings is 2. The zero-order valence-corrected chi connectivity index (χ0v) is 39.7. The third-order valence-electron chi connectivity index (χ3n) is 11.0. The first-order valence-corrected chi connectivity index (χ1v) is 24.8. The minimum Gasteiger partial charge on any atom is -0.369 e. The Bertz CT molecular complexity index is 3230. The summed E-state index contributed by atoms with van der Waals surface area (Å²) in [6.07, 6.45) is -5.14. The summed E-state index contributed by atoms with van der Waals surface area (Å²) in [5, 5.41) is 2.36. The van der Waals surface area contributed by atoms with Gasteiger partial charge in [-0.15, -0.1) is 0 Å². The molecule has 2 heterocycles. The number of alkyl halides is 6. The van der Waals surface area contributed by atoms with E-state index in [1.165, 1.54) is 52.8 Å². The molecule has 2 atom stereocenters. The number of rotatable bonds is 14. The monoisotopic (exact) mass is 1020 g/mol. The van der Waals surface area contributed by atoms with Crippen LogP contribution in [0.2, 0.25) is 5.02 Å². The van der Waals surface area contributed by atoms with Gasteiger partial charge in [-0.3, -0.25) is 28.2 Å². The van der Waals surface area contributed by atoms with E-state index in [1.807, 2.05) is 55.5 Å². The minimum absolute atomic E-state index is 0.0131. The molecule has 366 valence electrons. The summed E-state index contributed by atoms with van der Waals surface area (Å²) < 4.78 is 130. The molecule has 0 aliphatic heterocycles. The number of benzene rings is 5. The van der Waals surface area contributed by atoms with E-state index in [0.29, 0.717) is 33.1 Å². The second kappa shape index (κ2) is 20.9. The van der Waals surface area contributed by atoms with Gasteiger partial charge in [-0.25, -0.2) is 16.8 Å². The highest BCUT2D eigenvalue weighted by molar-refractivity contribution is 7.92. The molecule has 0 bridgehead atoms. The predicted molar refractivity (Wildman–Crippen MR) is 256 cm³/mol. The molecule has 7 aromatic rings. The van der Waals surface area contributed by atoms with Gasteiger partial charge in [-0.05, 0) is 93.0 Å². The number of fused-ring (bicyclic) bond motifs is 1. The van der Waals surface area contributed by atoms with Crippen molar-refractivity contribution in [3.8, 4) is 0 Å². The van der Waals surface area contributed by atoms with Crippen LogP contribution < -0.4 is 20.1 Å². The normalized spacial score (nSPS) is 12.9. The smallest absolute Gasteiger partial charge is 0.369 e. The lowest BCUT2D eigenvalue weighted by atomic mass is 9.91. The van der Waals surface area contributed by atoms with Crippen molar-refractivity contribution in [2.75, 3.05) is 21.1 Å². The largest absolute Gasteiger partial charge is 0.433 e. The standard InChI is InChI=1S/C26H22F3N3O3S.C23H21ClF3N3O3S/c1-36(34,35)32(16-20-7-4-6-17-5-2-3-8-22(17)20)21-12-9-18(10-13-21)24(25(30)33)19-11-14-23(31-15-19)26(27,28)29;1-14-4-3-5-17(21(14)24)13-30(34(2,32)33)18-9-6-15(7-10-18)20(22(28)31)16-8-11-19(29-12-16)23(25,26)27/h2-15,24H,16H2,1H3,(H2,30,33);3-12,20H,13H2,1-2H3,(H2,28,31). The van der Waals surface area contributed by atoms with Gasteiger partial charge < -0.3 is 11.5 Å². The Morgan fingerprint density at radius 2 is 0.943 bits per heavy atom. The topological polar surface area (TPSA) is 187 Å². The molecule has 2 amide bonds. The third-order valence-corrected chi connectivity index (χ3v) is 13.8. The molecule has 0 radical (unpaired) electrons. The number of anilines is 2. The number of nitrogens with zero attached hydrogens (tertiary/aromatic N) is 4. The number of nitrogens with two attached hydrogens (primary N) is 2. The molecular weight excluding hydrogens is 982 g/mol. The number of hydrogen-bond donors (Lipinski definition) is 2. The summed E-state index contributed by atoms with van der Waals surface area (Å²) in [5.41, 5.74) is 12.9. The highest BCUT2D eigenvalue weighted by Gasteiger charge is 2.34. The van der Waals surface area contributed by atoms with E-state index in [0.717, 1.165) is 75.4 Å². The van der Waals surface area contributed by atoms with E-state index in [9.17, 15) is 52.8 Å². The Morgan fingerprint density at radius 3 is 1.34 bits per heavy atom. The lowest BCUT2D eigenvalue weighted by Gasteiger charge is -2.24. The van der Waals surface area contributed by atoms with Crippen LogP contribution >= 0.6 is 11.6 Å². The minimum atomic E-state index is -4.61. The van der Waals surface area contributed by atoms with Crippen molar-refractivity contribution in [1.29, 1.82) is 0 Å². The number of aryl methyl sites for hydroxylation is 1. The average molecular weight is 1030 g/mol. The number of sulfonamides is 2. The molecule has 2 unspecified atom stereocenters. The Kier molecular flexibility index (Phi) is 15.6. The zero-order valence-electron chi connectivity index (χ0n) is 37.3. The molecule has 2 aromatic heterocycles. The van der Waals surface area contributed by atoms with Gasteiger partial charge in [-0.2, -0.15) is 26.3 Å². The Hall–Kier alpha value is -7.03. The average Bonchev–Trinajstić information content (AvgIpc) is 3.28. The van der Waals surface area contributed by atoms with Crippen LogP contribution in [0.3, 0.4) is 0 Å². The molecule has 0 aliphatic carbocycles. The van der Waals surface area contributed by atoms with Crippen LogP contribution in [-0.4, -0.2) is 51.1 Å². The van der Waals surface area contributed by atoms with Gasteiger partial charge in [0.25, 0.3) is 0 Å². The summed E-state index contributed by atoms with van der Waals surface area (Å²) >= 11 is 6.33. The van der Waals surface area contributed by atoms with E-state index < -0.39 is 67.4 Å². The van der Waals surface area contributed by atoms with E-state index in [1.54, 1.807) is 12.1 Å². The van der Waals surface area contributed by atoms with Crippen LogP contribution in [0.25, 0.3) is 10.8 Å². The van der Waals surface area contributed by atoms with Crippen LogP contribution in [0.4, 0.5) is 37.7 Å². The van der Waals surface area contributed by atoms with Gasteiger partial charge in [0.1, 0.15) is 11.4 Å². The highest BCUT2D eigenvalue weighted by Crippen LogP contribution is 2.34. The van der Waals surface area contributed by atoms with Crippen LogP contribution in [0.1, 0.15) is 62.2 Å². The number of primary amides is 2. The fourth-order valence-electron chi connectivity index (χ4n) is 7.57. The number of carbonyl (C=O) groups excluding carboxylic acids is 2. The van der Waals surface area contributed by atoms with Crippen molar-refractivity contribution in [3.05, 3.63) is 201 Å². The maximum atomic E-state index is 12.9. The lowest BCUT2D eigenvalue weighted by molar-refractivity contribution is -0.142. The van der Waals surface area contributed by atoms with Crippen molar-refractivity contribution < 1.29 is 52.8 Å². The number of halogens is 7. The van der Waals surface area contributed by atoms with Gasteiger partial charge in [0.05, 0.1) is 48.8 Å². The maximum Gasteiger partial charge on any atom is 0.433 e. The van der Waals surface area contributed by atoms with Gasteiger partial charge in [-0.1, -0.05) is 109 Å². The van der Waals surface area contributed by atoms with Crippen molar-refractivity contribution in [2.24, 2.45) is 11.5 Å². The van der Waals surface area contributed by atoms with Gasteiger partial charge >= 0.3 is 12.4 Å². The summed E-state index contributed by atoms with van der Waals surface area (Å²) in [4.78, 5) is 31.1. The molecule has 12 nitrogen and oxygen atoms in total. The Labute approximate surface area is 404 Å². The first-order valence-electron chi connectivity index (χ1n) is 20.7. The van der Waals surface area contributed by atoms with Crippen molar-refractivity contribution in [3.63, 3.8) is 0 Å². The van der Waals surface area contributed by atoms with Crippen LogP contribution in [0.5, 0.6) is 0 Å². The second-order valence-electron chi connectivity index (χ2n) is 16.0. The number of aromatic nitrogens is 2. The molecule has 4 N–H and O–H groups in total. The number of amides is 2. The second-order valence-corrected chi connectivity index (χ2v) is 20.2. The summed E-state index contributed by atoms with van der Waals surface area (Å²) in [5.74, 6) is -3.69. The van der Waals surface area contributed by atoms with Crippen LogP contribution in [0, 0.1) is 6.92 Å². The molecule has 0 spiro atoms.